The lowest BCUT2D eigenvalue weighted by molar-refractivity contribution is 0.342. The summed E-state index contributed by atoms with van der Waals surface area (Å²) < 4.78 is 5.54. The SMILES string of the molecule is CCOc1ccccc1Nc1cccc(Cl)c1N. The molecule has 0 radical (unpaired) electrons. The van der Waals surface area contributed by atoms with Gasteiger partial charge in [0.25, 0.3) is 0 Å². The van der Waals surface area contributed by atoms with Crippen LogP contribution in [0.3, 0.4) is 0 Å². The van der Waals surface area contributed by atoms with Crippen LogP contribution < -0.4 is 15.8 Å². The predicted molar refractivity (Wildman–Crippen MR) is 76.8 cm³/mol. The average molecular weight is 263 g/mol. The number of ether oxygens (including phenoxy) is 1. The number of nitrogens with one attached hydrogen (secondary N) is 1. The van der Waals surface area contributed by atoms with E-state index in [0.717, 1.165) is 17.1 Å². The van der Waals surface area contributed by atoms with Crippen molar-refractivity contribution in [2.75, 3.05) is 17.7 Å². The molecular weight excluding hydrogens is 248 g/mol. The molecule has 0 atom stereocenters. The second kappa shape index (κ2) is 5.65. The number of benzene rings is 2. The smallest absolute Gasteiger partial charge is 0.142 e. The predicted octanol–water partition coefficient (Wildman–Crippen LogP) is 4.06. The van der Waals surface area contributed by atoms with Crippen molar-refractivity contribution in [3.05, 3.63) is 47.5 Å². The molecular formula is C14H15ClN2O. The van der Waals surface area contributed by atoms with Crippen molar-refractivity contribution >= 4 is 28.7 Å². The highest BCUT2D eigenvalue weighted by molar-refractivity contribution is 6.33. The van der Waals surface area contributed by atoms with Gasteiger partial charge in [-0.25, -0.2) is 0 Å². The number of hydrogen-bond acceptors (Lipinski definition) is 3. The number of nitrogen functional groups attached to an aromatic ring is 1. The molecule has 2 aromatic rings. The van der Waals surface area contributed by atoms with E-state index in [1.807, 2.05) is 43.3 Å². The van der Waals surface area contributed by atoms with Crippen LogP contribution in [0.25, 0.3) is 0 Å². The fourth-order valence-electron chi connectivity index (χ4n) is 1.64. The first-order chi connectivity index (χ1) is 8.72. The van der Waals surface area contributed by atoms with Gasteiger partial charge in [-0.05, 0) is 31.2 Å². The number of rotatable bonds is 4. The lowest BCUT2D eigenvalue weighted by atomic mass is 10.2. The minimum Gasteiger partial charge on any atom is -0.492 e. The highest BCUT2D eigenvalue weighted by Gasteiger charge is 2.06. The van der Waals surface area contributed by atoms with E-state index in [2.05, 4.69) is 5.32 Å². The number of para-hydroxylation sites is 3. The Bertz CT molecular complexity index is 543. The van der Waals surface area contributed by atoms with Gasteiger partial charge >= 0.3 is 0 Å². The first-order valence-electron chi connectivity index (χ1n) is 5.75. The highest BCUT2D eigenvalue weighted by atomic mass is 35.5. The van der Waals surface area contributed by atoms with Crippen molar-refractivity contribution in [1.29, 1.82) is 0 Å². The number of anilines is 3. The van der Waals surface area contributed by atoms with Crippen LogP contribution in [0, 0.1) is 0 Å². The van der Waals surface area contributed by atoms with E-state index >= 15 is 0 Å². The highest BCUT2D eigenvalue weighted by Crippen LogP contribution is 2.33. The van der Waals surface area contributed by atoms with Gasteiger partial charge in [-0.15, -0.1) is 0 Å². The van der Waals surface area contributed by atoms with Gasteiger partial charge in [0.15, 0.2) is 0 Å². The van der Waals surface area contributed by atoms with Gasteiger partial charge in [0.05, 0.1) is 28.7 Å². The lowest BCUT2D eigenvalue weighted by Gasteiger charge is -2.14. The lowest BCUT2D eigenvalue weighted by Crippen LogP contribution is -2.00. The van der Waals surface area contributed by atoms with Crippen LogP contribution >= 0.6 is 11.6 Å². The van der Waals surface area contributed by atoms with E-state index in [9.17, 15) is 0 Å². The number of hydrogen-bond donors (Lipinski definition) is 2. The summed E-state index contributed by atoms with van der Waals surface area (Å²) in [7, 11) is 0. The molecule has 0 bridgehead atoms. The Balaban J connectivity index is 2.31. The summed E-state index contributed by atoms with van der Waals surface area (Å²) in [6.45, 7) is 2.56. The standard InChI is InChI=1S/C14H15ClN2O/c1-2-18-13-9-4-3-7-11(13)17-12-8-5-6-10(15)14(12)16/h3-9,17H,2,16H2,1H3. The number of nitrogens with two attached hydrogens (primary N) is 1. The van der Waals surface area contributed by atoms with Crippen LogP contribution in [-0.4, -0.2) is 6.61 Å². The van der Waals surface area contributed by atoms with E-state index in [0.29, 0.717) is 17.3 Å². The molecule has 18 heavy (non-hydrogen) atoms. The molecule has 3 N–H and O–H groups in total. The van der Waals surface area contributed by atoms with E-state index in [1.54, 1.807) is 6.07 Å². The summed E-state index contributed by atoms with van der Waals surface area (Å²) in [4.78, 5) is 0. The average Bonchev–Trinajstić information content (AvgIpc) is 2.37. The molecule has 0 spiro atoms. The Kier molecular flexibility index (Phi) is 3.95. The molecule has 0 fully saturated rings. The largest absolute Gasteiger partial charge is 0.492 e. The molecule has 0 aliphatic rings. The normalized spacial score (nSPS) is 10.1. The van der Waals surface area contributed by atoms with Crippen molar-refractivity contribution in [3.63, 3.8) is 0 Å². The van der Waals surface area contributed by atoms with Crippen molar-refractivity contribution in [1.82, 2.24) is 0 Å². The van der Waals surface area contributed by atoms with Crippen molar-refractivity contribution < 1.29 is 4.74 Å². The van der Waals surface area contributed by atoms with E-state index < -0.39 is 0 Å². The summed E-state index contributed by atoms with van der Waals surface area (Å²) >= 11 is 5.98. The molecule has 0 amide bonds. The molecule has 0 saturated heterocycles. The van der Waals surface area contributed by atoms with Crippen LogP contribution in [0.5, 0.6) is 5.75 Å². The van der Waals surface area contributed by atoms with Crippen molar-refractivity contribution in [3.8, 4) is 5.75 Å². The maximum Gasteiger partial charge on any atom is 0.142 e. The molecule has 2 aromatic carbocycles. The maximum absolute atomic E-state index is 5.98. The van der Waals surface area contributed by atoms with Gasteiger partial charge in [-0.3, -0.25) is 0 Å². The third-order valence-corrected chi connectivity index (χ3v) is 2.84. The topological polar surface area (TPSA) is 47.3 Å². The molecule has 0 aliphatic heterocycles. The molecule has 0 saturated carbocycles. The zero-order valence-corrected chi connectivity index (χ0v) is 10.9. The van der Waals surface area contributed by atoms with Gasteiger partial charge in [0.2, 0.25) is 0 Å². The molecule has 3 nitrogen and oxygen atoms in total. The first kappa shape index (κ1) is 12.6. The summed E-state index contributed by atoms with van der Waals surface area (Å²) in [5.74, 6) is 0.791. The van der Waals surface area contributed by atoms with Crippen LogP contribution in [-0.2, 0) is 0 Å². The molecule has 0 aromatic heterocycles. The van der Waals surface area contributed by atoms with Gasteiger partial charge in [-0.2, -0.15) is 0 Å². The van der Waals surface area contributed by atoms with Gasteiger partial charge in [-0.1, -0.05) is 29.8 Å². The summed E-state index contributed by atoms with van der Waals surface area (Å²) in [6.07, 6.45) is 0. The zero-order chi connectivity index (χ0) is 13.0. The second-order valence-corrected chi connectivity index (χ2v) is 4.16. The van der Waals surface area contributed by atoms with Crippen LogP contribution in [0.2, 0.25) is 5.02 Å². The maximum atomic E-state index is 5.98. The third kappa shape index (κ3) is 2.68. The molecule has 94 valence electrons. The molecule has 0 unspecified atom stereocenters. The van der Waals surface area contributed by atoms with Crippen LogP contribution in [0.15, 0.2) is 42.5 Å². The van der Waals surface area contributed by atoms with Gasteiger partial charge in [0, 0.05) is 0 Å². The quantitative estimate of drug-likeness (QED) is 0.817. The van der Waals surface area contributed by atoms with Gasteiger partial charge < -0.3 is 15.8 Å². The van der Waals surface area contributed by atoms with Crippen molar-refractivity contribution in [2.45, 2.75) is 6.92 Å². The molecule has 4 heteroatoms. The second-order valence-electron chi connectivity index (χ2n) is 3.76. The Morgan fingerprint density at radius 2 is 1.83 bits per heavy atom. The summed E-state index contributed by atoms with van der Waals surface area (Å²) in [5, 5.41) is 3.77. The Morgan fingerprint density at radius 3 is 2.61 bits per heavy atom. The van der Waals surface area contributed by atoms with Crippen LogP contribution in [0.1, 0.15) is 6.92 Å². The molecule has 0 heterocycles. The number of halogens is 1. The fraction of sp³-hybridized carbons (Fsp3) is 0.143. The first-order valence-corrected chi connectivity index (χ1v) is 6.13. The van der Waals surface area contributed by atoms with E-state index in [4.69, 9.17) is 22.1 Å². The van der Waals surface area contributed by atoms with Crippen molar-refractivity contribution in [2.24, 2.45) is 0 Å². The monoisotopic (exact) mass is 262 g/mol. The minimum absolute atomic E-state index is 0.533. The Morgan fingerprint density at radius 1 is 1.11 bits per heavy atom. The van der Waals surface area contributed by atoms with E-state index in [1.165, 1.54) is 0 Å². The Hall–Kier alpha value is -1.87. The fourth-order valence-corrected chi connectivity index (χ4v) is 1.82. The minimum atomic E-state index is 0.533. The summed E-state index contributed by atoms with van der Waals surface area (Å²) in [6, 6.07) is 13.2. The van der Waals surface area contributed by atoms with E-state index in [-0.39, 0.29) is 0 Å². The third-order valence-electron chi connectivity index (χ3n) is 2.51. The summed E-state index contributed by atoms with van der Waals surface area (Å²) in [5.41, 5.74) is 8.09. The van der Waals surface area contributed by atoms with Gasteiger partial charge in [0.1, 0.15) is 5.75 Å². The molecule has 0 aliphatic carbocycles. The Labute approximate surface area is 112 Å². The zero-order valence-electron chi connectivity index (χ0n) is 10.1. The molecule has 2 rings (SSSR count). The van der Waals surface area contributed by atoms with Crippen LogP contribution in [0.4, 0.5) is 17.1 Å².